The monoisotopic (exact) mass is 291 g/mol. The van der Waals surface area contributed by atoms with Crippen LogP contribution in [0, 0.1) is 0 Å². The highest BCUT2D eigenvalue weighted by atomic mass is 16.5. The minimum absolute atomic E-state index is 0.0741. The summed E-state index contributed by atoms with van der Waals surface area (Å²) in [6.07, 6.45) is -0.954. The van der Waals surface area contributed by atoms with E-state index in [0.29, 0.717) is 0 Å². The number of carbonyl (C=O) groups excluding carboxylic acids is 1. The van der Waals surface area contributed by atoms with Gasteiger partial charge in [0.15, 0.2) is 0 Å². The van der Waals surface area contributed by atoms with Crippen molar-refractivity contribution in [3.05, 3.63) is 29.8 Å². The molecule has 0 aromatic heterocycles. The van der Waals surface area contributed by atoms with E-state index in [4.69, 9.17) is 41.2 Å². The van der Waals surface area contributed by atoms with Crippen molar-refractivity contribution >= 4 is 13.2 Å². The van der Waals surface area contributed by atoms with Crippen LogP contribution in [-0.2, 0) is 0 Å². The van der Waals surface area contributed by atoms with Crippen molar-refractivity contribution in [3.8, 4) is 5.75 Å². The smallest absolute Gasteiger partial charge is 0.507 e. The third-order valence-electron chi connectivity index (χ3n) is 1.59. The van der Waals surface area contributed by atoms with E-state index >= 15 is 0 Å². The van der Waals surface area contributed by atoms with Gasteiger partial charge in [-0.15, -0.1) is 0 Å². The summed E-state index contributed by atoms with van der Waals surface area (Å²) in [5, 5.41) is 54.5. The van der Waals surface area contributed by atoms with Gasteiger partial charge in [0.25, 0.3) is 5.91 Å². The van der Waals surface area contributed by atoms with E-state index in [1.165, 1.54) is 12.1 Å². The first-order valence-corrected chi connectivity index (χ1v) is 5.28. The molecule has 0 unspecified atom stereocenters. The van der Waals surface area contributed by atoms with Gasteiger partial charge in [0.1, 0.15) is 11.9 Å². The first-order valence-electron chi connectivity index (χ1n) is 5.28. The van der Waals surface area contributed by atoms with E-state index < -0.39 is 19.3 Å². The maximum absolute atomic E-state index is 10.5. The molecule has 0 aliphatic heterocycles. The Kier molecular flexibility index (Phi) is 12.7. The molecule has 20 heavy (non-hydrogen) atoms. The Balaban J connectivity index is 0. The Bertz CT molecular complexity index is 369. The molecule has 0 aliphatic rings. The van der Waals surface area contributed by atoms with Crippen LogP contribution in [-0.4, -0.2) is 68.0 Å². The summed E-state index contributed by atoms with van der Waals surface area (Å²) >= 11 is 0. The molecule has 10 heteroatoms. The Hall–Kier alpha value is -1.69. The summed E-state index contributed by atoms with van der Waals surface area (Å²) in [5.74, 6) is -0.687. The van der Waals surface area contributed by atoms with Crippen LogP contribution in [0.25, 0.3) is 0 Å². The second kappa shape index (κ2) is 12.4. The van der Waals surface area contributed by atoms with Gasteiger partial charge in [0.2, 0.25) is 0 Å². The minimum atomic E-state index is -2.17. The van der Waals surface area contributed by atoms with Crippen molar-refractivity contribution in [2.45, 2.75) is 6.10 Å². The zero-order valence-corrected chi connectivity index (χ0v) is 10.5. The van der Waals surface area contributed by atoms with Crippen LogP contribution in [0.15, 0.2) is 24.3 Å². The number of primary amides is 1. The number of nitrogens with two attached hydrogens (primary N) is 1. The fraction of sp³-hybridized carbons (Fsp3) is 0.300. The molecule has 0 atom stereocenters. The van der Waals surface area contributed by atoms with Gasteiger partial charge in [-0.3, -0.25) is 4.79 Å². The van der Waals surface area contributed by atoms with Crippen LogP contribution in [0.5, 0.6) is 5.75 Å². The molecule has 0 saturated carbocycles. The number of hydrogen-bond donors (Lipinski definition) is 8. The van der Waals surface area contributed by atoms with E-state index in [0.717, 1.165) is 0 Å². The molecule has 0 radical (unpaired) electrons. The Morgan fingerprint density at radius 3 is 1.75 bits per heavy atom. The van der Waals surface area contributed by atoms with Gasteiger partial charge in [0, 0.05) is 0 Å². The first kappa shape index (κ1) is 20.6. The van der Waals surface area contributed by atoms with Gasteiger partial charge in [-0.25, -0.2) is 0 Å². The lowest BCUT2D eigenvalue weighted by Crippen LogP contribution is -2.15. The van der Waals surface area contributed by atoms with Gasteiger partial charge in [-0.1, -0.05) is 12.1 Å². The topological polar surface area (TPSA) is 185 Å². The number of rotatable bonds is 3. The van der Waals surface area contributed by atoms with Gasteiger partial charge < -0.3 is 41.2 Å². The molecule has 0 aliphatic carbocycles. The molecule has 1 aromatic carbocycles. The molecule has 0 saturated heterocycles. The van der Waals surface area contributed by atoms with Crippen molar-refractivity contribution in [1.82, 2.24) is 0 Å². The van der Waals surface area contributed by atoms with E-state index in [2.05, 4.69) is 0 Å². The number of amides is 1. The quantitative estimate of drug-likeness (QED) is 0.267. The second-order valence-corrected chi connectivity index (χ2v) is 3.25. The summed E-state index contributed by atoms with van der Waals surface area (Å²) in [5.41, 5.74) is 5.07. The molecule has 0 spiro atoms. The highest BCUT2D eigenvalue weighted by molar-refractivity contribution is 6.30. The van der Waals surface area contributed by atoms with Crippen LogP contribution in [0.3, 0.4) is 0 Å². The van der Waals surface area contributed by atoms with Crippen molar-refractivity contribution in [2.75, 3.05) is 13.2 Å². The van der Waals surface area contributed by atoms with Crippen molar-refractivity contribution in [3.63, 3.8) is 0 Å². The SMILES string of the molecule is NC(=O)c1ccccc1O.OB(O)O.OCC(O)CO. The van der Waals surface area contributed by atoms with Gasteiger partial charge in [-0.05, 0) is 12.1 Å². The van der Waals surface area contributed by atoms with Crippen LogP contribution < -0.4 is 5.73 Å². The lowest BCUT2D eigenvalue weighted by Gasteiger charge is -1.96. The number of aromatic hydroxyl groups is 1. The third kappa shape index (κ3) is 12.8. The fourth-order valence-electron chi connectivity index (χ4n) is 0.740. The Morgan fingerprint density at radius 1 is 1.15 bits per heavy atom. The second-order valence-electron chi connectivity index (χ2n) is 3.25. The highest BCUT2D eigenvalue weighted by Crippen LogP contribution is 2.13. The number of aliphatic hydroxyl groups is 3. The zero-order chi connectivity index (χ0) is 16.1. The molecule has 9 nitrogen and oxygen atoms in total. The Morgan fingerprint density at radius 2 is 1.55 bits per heavy atom. The number of aliphatic hydroxyl groups excluding tert-OH is 3. The maximum Gasteiger partial charge on any atom is 0.631 e. The van der Waals surface area contributed by atoms with E-state index in [1.54, 1.807) is 12.1 Å². The standard InChI is InChI=1S/C7H7NO2.C3H8O3.BH3O3/c8-7(10)5-3-1-2-4-6(5)9;4-1-3(6)2-5;2-1(3)4/h1-4,9H,(H2,8,10);3-6H,1-2H2;2-4H. The molecule has 0 bridgehead atoms. The van der Waals surface area contributed by atoms with Crippen molar-refractivity contribution in [1.29, 1.82) is 0 Å². The number of carbonyl (C=O) groups is 1. The molecule has 1 amide bonds. The van der Waals surface area contributed by atoms with E-state index in [1.807, 2.05) is 0 Å². The van der Waals surface area contributed by atoms with Crippen molar-refractivity contribution < 1.29 is 40.3 Å². The van der Waals surface area contributed by atoms with Crippen LogP contribution in [0.4, 0.5) is 0 Å². The van der Waals surface area contributed by atoms with Crippen LogP contribution in [0.2, 0.25) is 0 Å². The predicted octanol–water partition coefficient (Wildman–Crippen LogP) is -3.23. The van der Waals surface area contributed by atoms with Crippen molar-refractivity contribution in [2.24, 2.45) is 5.73 Å². The molecule has 9 N–H and O–H groups in total. The number of hydrogen-bond acceptors (Lipinski definition) is 8. The van der Waals surface area contributed by atoms with Crippen LogP contribution in [0.1, 0.15) is 10.4 Å². The first-order chi connectivity index (χ1) is 9.26. The molecular weight excluding hydrogens is 273 g/mol. The highest BCUT2D eigenvalue weighted by Gasteiger charge is 2.03. The fourth-order valence-corrected chi connectivity index (χ4v) is 0.740. The molecule has 114 valence electrons. The Labute approximate surface area is 115 Å². The molecule has 0 fully saturated rings. The summed E-state index contributed by atoms with van der Waals surface area (Å²) < 4.78 is 0. The lowest BCUT2D eigenvalue weighted by molar-refractivity contribution is 0.0450. The van der Waals surface area contributed by atoms with Gasteiger partial charge >= 0.3 is 7.32 Å². The number of phenols is 1. The van der Waals surface area contributed by atoms with Crippen LogP contribution >= 0.6 is 0 Å². The molecular formula is C10H18BNO8. The number of benzene rings is 1. The average molecular weight is 291 g/mol. The largest absolute Gasteiger partial charge is 0.631 e. The zero-order valence-electron chi connectivity index (χ0n) is 10.5. The van der Waals surface area contributed by atoms with E-state index in [-0.39, 0.29) is 24.5 Å². The van der Waals surface area contributed by atoms with Gasteiger partial charge in [0.05, 0.1) is 18.8 Å². The predicted molar refractivity (Wildman–Crippen MR) is 69.2 cm³/mol. The average Bonchev–Trinajstić information content (AvgIpc) is 2.38. The summed E-state index contributed by atoms with van der Waals surface area (Å²) in [6, 6.07) is 6.15. The maximum atomic E-state index is 10.5. The normalized spacial score (nSPS) is 8.95. The minimum Gasteiger partial charge on any atom is -0.507 e. The van der Waals surface area contributed by atoms with Gasteiger partial charge in [-0.2, -0.15) is 0 Å². The third-order valence-corrected chi connectivity index (χ3v) is 1.59. The molecule has 0 heterocycles. The molecule has 1 aromatic rings. The lowest BCUT2D eigenvalue weighted by atomic mass is 10.2. The van der Waals surface area contributed by atoms with E-state index in [9.17, 15) is 4.79 Å². The summed E-state index contributed by atoms with van der Waals surface area (Å²) in [6.45, 7) is -0.729. The summed E-state index contributed by atoms with van der Waals surface area (Å²) in [4.78, 5) is 10.5. The molecule has 1 rings (SSSR count). The summed E-state index contributed by atoms with van der Waals surface area (Å²) in [7, 11) is -2.17. The number of para-hydroxylation sites is 1.